The number of likely N-dealkylation sites (tertiary alicyclic amines) is 1. The number of aryl methyl sites for hydroxylation is 1. The molecule has 1 aromatic carbocycles. The summed E-state index contributed by atoms with van der Waals surface area (Å²) in [4.78, 5) is 16.2. The van der Waals surface area contributed by atoms with Gasteiger partial charge in [-0.15, -0.1) is 11.3 Å². The third kappa shape index (κ3) is 4.10. The largest absolute Gasteiger partial charge is 0.317 e. The Kier molecular flexibility index (Phi) is 6.01. The van der Waals surface area contributed by atoms with Crippen molar-refractivity contribution in [2.45, 2.75) is 51.0 Å². The van der Waals surface area contributed by atoms with Crippen LogP contribution in [0.4, 0.5) is 5.00 Å². The van der Waals surface area contributed by atoms with Crippen LogP contribution < -0.4 is 5.32 Å². The van der Waals surface area contributed by atoms with Gasteiger partial charge < -0.3 is 5.32 Å². The molecule has 1 saturated heterocycles. The quantitative estimate of drug-likeness (QED) is 0.740. The van der Waals surface area contributed by atoms with Crippen LogP contribution in [0.2, 0.25) is 5.02 Å². The highest BCUT2D eigenvalue weighted by molar-refractivity contribution is 7.16. The average Bonchev–Trinajstić information content (AvgIpc) is 3.38. The van der Waals surface area contributed by atoms with Gasteiger partial charge in [0.2, 0.25) is 5.91 Å². The van der Waals surface area contributed by atoms with Gasteiger partial charge in [0, 0.05) is 28.9 Å². The number of nitrogens with zero attached hydrogens (tertiary/aromatic N) is 2. The molecule has 4 nitrogen and oxygen atoms in total. The van der Waals surface area contributed by atoms with Crippen molar-refractivity contribution in [1.29, 1.82) is 5.26 Å². The highest BCUT2D eigenvalue weighted by Crippen LogP contribution is 2.38. The average molecular weight is 414 g/mol. The lowest BCUT2D eigenvalue weighted by molar-refractivity contribution is -0.116. The van der Waals surface area contributed by atoms with Gasteiger partial charge in [-0.2, -0.15) is 5.26 Å². The fraction of sp³-hybridized carbons (Fsp3) is 0.455. The number of hydrogen-bond donors (Lipinski definition) is 1. The third-order valence-electron chi connectivity index (χ3n) is 5.82. The highest BCUT2D eigenvalue weighted by Gasteiger charge is 2.26. The molecule has 0 bridgehead atoms. The van der Waals surface area contributed by atoms with E-state index in [9.17, 15) is 10.1 Å². The molecule has 2 heterocycles. The first-order valence-electron chi connectivity index (χ1n) is 9.97. The molecule has 2 aromatic rings. The molecule has 146 valence electrons. The van der Waals surface area contributed by atoms with Crippen LogP contribution >= 0.6 is 22.9 Å². The van der Waals surface area contributed by atoms with Gasteiger partial charge in [0.25, 0.3) is 0 Å². The predicted octanol–water partition coefficient (Wildman–Crippen LogP) is 4.80. The maximum atomic E-state index is 12.5. The third-order valence-corrected chi connectivity index (χ3v) is 7.40. The van der Waals surface area contributed by atoms with E-state index in [4.69, 9.17) is 11.6 Å². The molecule has 1 N–H and O–H groups in total. The molecule has 1 amide bonds. The first-order chi connectivity index (χ1) is 13.7. The second kappa shape index (κ2) is 8.65. The summed E-state index contributed by atoms with van der Waals surface area (Å²) in [5.74, 6) is -0.000169. The van der Waals surface area contributed by atoms with Crippen LogP contribution in [0.1, 0.15) is 47.3 Å². The van der Waals surface area contributed by atoms with E-state index in [0.717, 1.165) is 67.2 Å². The lowest BCUT2D eigenvalue weighted by Crippen LogP contribution is -2.33. The van der Waals surface area contributed by atoms with E-state index in [1.165, 1.54) is 10.4 Å². The lowest BCUT2D eigenvalue weighted by atomic mass is 10.0. The summed E-state index contributed by atoms with van der Waals surface area (Å²) in [7, 11) is 0. The van der Waals surface area contributed by atoms with Crippen molar-refractivity contribution >= 4 is 33.8 Å². The van der Waals surface area contributed by atoms with Crippen LogP contribution in [-0.2, 0) is 24.1 Å². The van der Waals surface area contributed by atoms with Crippen LogP contribution in [0.3, 0.4) is 0 Å². The van der Waals surface area contributed by atoms with E-state index < -0.39 is 0 Å². The molecule has 0 spiro atoms. The second-order valence-corrected chi connectivity index (χ2v) is 9.11. The Morgan fingerprint density at radius 1 is 1.32 bits per heavy atom. The van der Waals surface area contributed by atoms with Crippen molar-refractivity contribution in [2.24, 2.45) is 0 Å². The normalized spacial score (nSPS) is 18.8. The molecular formula is C22H24ClN3OS. The van der Waals surface area contributed by atoms with E-state index in [1.54, 1.807) is 11.3 Å². The fourth-order valence-electron chi connectivity index (χ4n) is 4.38. The second-order valence-electron chi connectivity index (χ2n) is 7.60. The molecule has 4 rings (SSSR count). The number of rotatable bonds is 6. The Balaban J connectivity index is 1.33. The van der Waals surface area contributed by atoms with Gasteiger partial charge in [-0.1, -0.05) is 29.8 Å². The van der Waals surface area contributed by atoms with Crippen LogP contribution in [0, 0.1) is 11.3 Å². The number of carbonyl (C=O) groups excluding carboxylic acids is 1. The molecule has 0 radical (unpaired) electrons. The summed E-state index contributed by atoms with van der Waals surface area (Å²) >= 11 is 7.90. The molecule has 1 atom stereocenters. The number of nitriles is 1. The Morgan fingerprint density at radius 2 is 2.18 bits per heavy atom. The summed E-state index contributed by atoms with van der Waals surface area (Å²) in [6.07, 6.45) is 6.79. The topological polar surface area (TPSA) is 56.1 Å². The predicted molar refractivity (Wildman–Crippen MR) is 114 cm³/mol. The van der Waals surface area contributed by atoms with Gasteiger partial charge in [-0.3, -0.25) is 9.69 Å². The smallest absolute Gasteiger partial charge is 0.226 e. The molecule has 2 aliphatic rings. The number of amides is 1. The Bertz CT molecular complexity index is 917. The Labute approximate surface area is 175 Å². The van der Waals surface area contributed by atoms with E-state index >= 15 is 0 Å². The minimum absolute atomic E-state index is 0.000169. The Hall–Kier alpha value is -1.87. The van der Waals surface area contributed by atoms with Crippen molar-refractivity contribution < 1.29 is 4.79 Å². The molecule has 28 heavy (non-hydrogen) atoms. The van der Waals surface area contributed by atoms with Gasteiger partial charge in [0.1, 0.15) is 11.1 Å². The molecule has 1 aliphatic carbocycles. The highest BCUT2D eigenvalue weighted by atomic mass is 35.5. The zero-order valence-corrected chi connectivity index (χ0v) is 17.4. The van der Waals surface area contributed by atoms with Crippen molar-refractivity contribution in [3.8, 4) is 6.07 Å². The van der Waals surface area contributed by atoms with Crippen molar-refractivity contribution in [3.63, 3.8) is 0 Å². The standard InChI is InChI=1S/C22H24ClN3OS/c23-19-8-2-1-5-15(19)13-16-6-4-11-26(16)12-10-21(27)25-22-18(14-24)17-7-3-9-20(17)28-22/h1-2,5,8,16H,3-4,6-7,9-13H2,(H,25,27)/t16-/m1/s1. The van der Waals surface area contributed by atoms with Crippen molar-refractivity contribution in [2.75, 3.05) is 18.4 Å². The molecular weight excluding hydrogens is 390 g/mol. The summed E-state index contributed by atoms with van der Waals surface area (Å²) < 4.78 is 0. The first-order valence-corrected chi connectivity index (χ1v) is 11.2. The molecule has 0 unspecified atom stereocenters. The molecule has 0 saturated carbocycles. The zero-order chi connectivity index (χ0) is 19.5. The minimum Gasteiger partial charge on any atom is -0.317 e. The van der Waals surface area contributed by atoms with Crippen LogP contribution in [0.25, 0.3) is 0 Å². The summed E-state index contributed by atoms with van der Waals surface area (Å²) in [5, 5.41) is 14.0. The van der Waals surface area contributed by atoms with Gasteiger partial charge in [-0.05, 0) is 62.3 Å². The lowest BCUT2D eigenvalue weighted by Gasteiger charge is -2.24. The Morgan fingerprint density at radius 3 is 3.00 bits per heavy atom. The summed E-state index contributed by atoms with van der Waals surface area (Å²) in [6.45, 7) is 1.77. The minimum atomic E-state index is -0.000169. The van der Waals surface area contributed by atoms with Crippen molar-refractivity contribution in [3.05, 3.63) is 50.9 Å². The van der Waals surface area contributed by atoms with Gasteiger partial charge in [0.15, 0.2) is 0 Å². The number of thiophene rings is 1. The van der Waals surface area contributed by atoms with E-state index in [0.29, 0.717) is 18.0 Å². The molecule has 1 aromatic heterocycles. The van der Waals surface area contributed by atoms with Crippen LogP contribution in [0.5, 0.6) is 0 Å². The number of hydrogen-bond acceptors (Lipinski definition) is 4. The van der Waals surface area contributed by atoms with Gasteiger partial charge in [0.05, 0.1) is 5.56 Å². The number of carbonyl (C=O) groups is 1. The van der Waals surface area contributed by atoms with Crippen LogP contribution in [-0.4, -0.2) is 29.9 Å². The van der Waals surface area contributed by atoms with Gasteiger partial charge >= 0.3 is 0 Å². The first kappa shape index (κ1) is 19.4. The molecule has 6 heteroatoms. The summed E-state index contributed by atoms with van der Waals surface area (Å²) in [5.41, 5.74) is 3.02. The van der Waals surface area contributed by atoms with Crippen LogP contribution in [0.15, 0.2) is 24.3 Å². The maximum absolute atomic E-state index is 12.5. The van der Waals surface area contributed by atoms with E-state index in [-0.39, 0.29) is 5.91 Å². The van der Waals surface area contributed by atoms with Crippen molar-refractivity contribution in [1.82, 2.24) is 4.90 Å². The number of nitrogens with one attached hydrogen (secondary N) is 1. The van der Waals surface area contributed by atoms with E-state index in [1.807, 2.05) is 18.2 Å². The zero-order valence-electron chi connectivity index (χ0n) is 15.8. The monoisotopic (exact) mass is 413 g/mol. The number of halogens is 1. The number of benzene rings is 1. The molecule has 1 fully saturated rings. The fourth-order valence-corrected chi connectivity index (χ4v) is 5.85. The number of fused-ring (bicyclic) bond motifs is 1. The summed E-state index contributed by atoms with van der Waals surface area (Å²) in [6, 6.07) is 10.7. The van der Waals surface area contributed by atoms with Gasteiger partial charge in [-0.25, -0.2) is 0 Å². The maximum Gasteiger partial charge on any atom is 0.226 e. The molecule has 1 aliphatic heterocycles. The van der Waals surface area contributed by atoms with E-state index in [2.05, 4.69) is 22.4 Å². The SMILES string of the molecule is N#Cc1c(NC(=O)CCN2CCC[C@@H]2Cc2ccccc2Cl)sc2c1CCC2. The number of anilines is 1.